The Morgan fingerprint density at radius 3 is 1.34 bits per heavy atom. The molecule has 0 spiro atoms. The second-order valence-electron chi connectivity index (χ2n) is 13.7. The Bertz CT molecular complexity index is 981. The van der Waals surface area contributed by atoms with Gasteiger partial charge in [0.05, 0.1) is 0 Å². The van der Waals surface area contributed by atoms with Gasteiger partial charge in [-0.1, -0.05) is 99.5 Å². The summed E-state index contributed by atoms with van der Waals surface area (Å²) < 4.78 is 6.02. The standard InChI is InChI=1S/C40H58O/c1-31(2)39-25-21-37(22-26-39)19-17-35-13-9-33(10-14-35)7-5-29-41-30-6-8-34-11-15-36(16-12-34)18-20-38-23-27-40(28-24-38)32(3)4/h9,11,21-28,31-32,35-36H,5-8,10,12-20,29-30H2,1-4H3. The second-order valence-corrected chi connectivity index (χ2v) is 13.7. The van der Waals surface area contributed by atoms with Crippen LogP contribution in [-0.4, -0.2) is 13.2 Å². The monoisotopic (exact) mass is 554 g/mol. The van der Waals surface area contributed by atoms with E-state index >= 15 is 0 Å². The minimum atomic E-state index is 0.624. The van der Waals surface area contributed by atoms with Gasteiger partial charge in [0.15, 0.2) is 0 Å². The molecule has 0 bridgehead atoms. The summed E-state index contributed by atoms with van der Waals surface area (Å²) in [4.78, 5) is 0. The van der Waals surface area contributed by atoms with Crippen molar-refractivity contribution in [2.24, 2.45) is 11.8 Å². The maximum atomic E-state index is 6.02. The number of allylic oxidation sites excluding steroid dienone is 4. The molecule has 2 atom stereocenters. The molecule has 2 aromatic rings. The van der Waals surface area contributed by atoms with Gasteiger partial charge in [0.1, 0.15) is 0 Å². The van der Waals surface area contributed by atoms with E-state index in [1.54, 1.807) is 11.1 Å². The maximum Gasteiger partial charge on any atom is 0.0469 e. The number of aryl methyl sites for hydroxylation is 2. The van der Waals surface area contributed by atoms with Crippen LogP contribution in [0, 0.1) is 11.8 Å². The number of hydrogen-bond acceptors (Lipinski definition) is 1. The minimum Gasteiger partial charge on any atom is -0.381 e. The average molecular weight is 555 g/mol. The van der Waals surface area contributed by atoms with Crippen molar-refractivity contribution in [2.75, 3.05) is 13.2 Å². The van der Waals surface area contributed by atoms with Crippen molar-refractivity contribution >= 4 is 0 Å². The molecule has 0 saturated heterocycles. The van der Waals surface area contributed by atoms with Crippen molar-refractivity contribution in [2.45, 2.75) is 129 Å². The van der Waals surface area contributed by atoms with Crippen molar-refractivity contribution in [1.82, 2.24) is 0 Å². The molecular weight excluding hydrogens is 496 g/mol. The van der Waals surface area contributed by atoms with Gasteiger partial charge < -0.3 is 4.74 Å². The highest BCUT2D eigenvalue weighted by atomic mass is 16.5. The lowest BCUT2D eigenvalue weighted by Gasteiger charge is -2.22. The van der Waals surface area contributed by atoms with Crippen LogP contribution in [0.5, 0.6) is 0 Å². The maximum absolute atomic E-state index is 6.02. The first kappa shape index (κ1) is 31.8. The fourth-order valence-corrected chi connectivity index (χ4v) is 6.65. The van der Waals surface area contributed by atoms with Gasteiger partial charge in [-0.05, 0) is 136 Å². The van der Waals surface area contributed by atoms with Crippen LogP contribution in [-0.2, 0) is 17.6 Å². The van der Waals surface area contributed by atoms with Gasteiger partial charge in [-0.25, -0.2) is 0 Å². The third-order valence-corrected chi connectivity index (χ3v) is 9.78. The van der Waals surface area contributed by atoms with Gasteiger partial charge in [-0.15, -0.1) is 0 Å². The van der Waals surface area contributed by atoms with Crippen molar-refractivity contribution in [3.05, 3.63) is 94.1 Å². The molecule has 0 aromatic heterocycles. The van der Waals surface area contributed by atoms with E-state index in [0.29, 0.717) is 11.8 Å². The quantitative estimate of drug-likeness (QED) is 0.148. The predicted molar refractivity (Wildman–Crippen MR) is 178 cm³/mol. The first-order valence-corrected chi connectivity index (χ1v) is 17.1. The van der Waals surface area contributed by atoms with E-state index in [4.69, 9.17) is 4.74 Å². The van der Waals surface area contributed by atoms with Gasteiger partial charge in [0.2, 0.25) is 0 Å². The van der Waals surface area contributed by atoms with Crippen LogP contribution >= 0.6 is 0 Å². The Morgan fingerprint density at radius 2 is 1.00 bits per heavy atom. The molecule has 4 rings (SSSR count). The summed E-state index contributed by atoms with van der Waals surface area (Å²) in [6, 6.07) is 18.6. The first-order chi connectivity index (χ1) is 20.0. The van der Waals surface area contributed by atoms with Crippen LogP contribution in [0.1, 0.15) is 139 Å². The second kappa shape index (κ2) is 17.1. The van der Waals surface area contributed by atoms with E-state index in [1.807, 2.05) is 0 Å². The molecular formula is C40H58O. The summed E-state index contributed by atoms with van der Waals surface area (Å²) in [7, 11) is 0. The van der Waals surface area contributed by atoms with Gasteiger partial charge in [-0.2, -0.15) is 0 Å². The lowest BCUT2D eigenvalue weighted by Crippen LogP contribution is -2.08. The highest BCUT2D eigenvalue weighted by molar-refractivity contribution is 5.26. The fraction of sp³-hybridized carbons (Fsp3) is 0.600. The van der Waals surface area contributed by atoms with E-state index in [0.717, 1.165) is 25.0 Å². The predicted octanol–water partition coefficient (Wildman–Crippen LogP) is 11.5. The van der Waals surface area contributed by atoms with Crippen molar-refractivity contribution in [3.63, 3.8) is 0 Å². The molecule has 0 saturated carbocycles. The Hall–Kier alpha value is -2.12. The van der Waals surface area contributed by atoms with Crippen LogP contribution in [0.4, 0.5) is 0 Å². The largest absolute Gasteiger partial charge is 0.381 e. The molecule has 224 valence electrons. The van der Waals surface area contributed by atoms with E-state index in [1.165, 1.54) is 112 Å². The number of hydrogen-bond donors (Lipinski definition) is 0. The van der Waals surface area contributed by atoms with Crippen molar-refractivity contribution in [3.8, 4) is 0 Å². The van der Waals surface area contributed by atoms with E-state index < -0.39 is 0 Å². The highest BCUT2D eigenvalue weighted by Crippen LogP contribution is 2.31. The molecule has 2 aromatic carbocycles. The Balaban J connectivity index is 0.996. The van der Waals surface area contributed by atoms with Gasteiger partial charge in [0.25, 0.3) is 0 Å². The lowest BCUT2D eigenvalue weighted by atomic mass is 9.84. The summed E-state index contributed by atoms with van der Waals surface area (Å²) >= 11 is 0. The molecule has 0 amide bonds. The zero-order valence-electron chi connectivity index (χ0n) is 26.8. The molecule has 0 N–H and O–H groups in total. The Morgan fingerprint density at radius 1 is 0.585 bits per heavy atom. The fourth-order valence-electron chi connectivity index (χ4n) is 6.65. The summed E-state index contributed by atoms with van der Waals surface area (Å²) in [6.07, 6.45) is 23.0. The number of rotatable bonds is 16. The van der Waals surface area contributed by atoms with Gasteiger partial charge in [-0.3, -0.25) is 0 Å². The molecule has 2 aliphatic carbocycles. The molecule has 1 nitrogen and oxygen atoms in total. The summed E-state index contributed by atoms with van der Waals surface area (Å²) in [5, 5.41) is 0. The summed E-state index contributed by atoms with van der Waals surface area (Å²) in [6.45, 7) is 10.9. The summed E-state index contributed by atoms with van der Waals surface area (Å²) in [5.74, 6) is 2.98. The van der Waals surface area contributed by atoms with Gasteiger partial charge in [0, 0.05) is 13.2 Å². The van der Waals surface area contributed by atoms with E-state index in [9.17, 15) is 0 Å². The minimum absolute atomic E-state index is 0.624. The molecule has 41 heavy (non-hydrogen) atoms. The SMILES string of the molecule is CC(C)c1ccc(CCC2CC=C(CCCOCCCC3=CCC(CCc4ccc(C(C)C)cc4)CC3)CC2)cc1. The van der Waals surface area contributed by atoms with Crippen LogP contribution in [0.2, 0.25) is 0 Å². The van der Waals surface area contributed by atoms with E-state index in [-0.39, 0.29) is 0 Å². The third-order valence-electron chi connectivity index (χ3n) is 9.78. The van der Waals surface area contributed by atoms with E-state index in [2.05, 4.69) is 88.4 Å². The molecule has 0 fully saturated rings. The van der Waals surface area contributed by atoms with Crippen molar-refractivity contribution in [1.29, 1.82) is 0 Å². The third kappa shape index (κ3) is 11.2. The van der Waals surface area contributed by atoms with Gasteiger partial charge >= 0.3 is 0 Å². The van der Waals surface area contributed by atoms with Crippen molar-refractivity contribution < 1.29 is 4.74 Å². The number of ether oxygens (including phenoxy) is 1. The normalized spacial score (nSPS) is 19.5. The zero-order chi connectivity index (χ0) is 28.9. The summed E-state index contributed by atoms with van der Waals surface area (Å²) in [5.41, 5.74) is 9.27. The van der Waals surface area contributed by atoms with Crippen LogP contribution in [0.15, 0.2) is 71.8 Å². The average Bonchev–Trinajstić information content (AvgIpc) is 3.00. The topological polar surface area (TPSA) is 9.23 Å². The molecule has 2 unspecified atom stereocenters. The Kier molecular flexibility index (Phi) is 13.3. The molecule has 0 radical (unpaired) electrons. The first-order valence-electron chi connectivity index (χ1n) is 17.1. The van der Waals surface area contributed by atoms with Crippen LogP contribution in [0.3, 0.4) is 0 Å². The number of benzene rings is 2. The Labute approximate surface area is 252 Å². The zero-order valence-corrected chi connectivity index (χ0v) is 26.8. The van der Waals surface area contributed by atoms with Crippen LogP contribution in [0.25, 0.3) is 0 Å². The molecule has 1 heteroatoms. The molecule has 0 aliphatic heterocycles. The smallest absolute Gasteiger partial charge is 0.0469 e. The highest BCUT2D eigenvalue weighted by Gasteiger charge is 2.16. The lowest BCUT2D eigenvalue weighted by molar-refractivity contribution is 0.129. The van der Waals surface area contributed by atoms with Crippen LogP contribution < -0.4 is 0 Å². The molecule has 2 aliphatic rings. The molecule has 0 heterocycles.